The van der Waals surface area contributed by atoms with Crippen LogP contribution in [0.4, 0.5) is 0 Å². The summed E-state index contributed by atoms with van der Waals surface area (Å²) in [6.45, 7) is 7.94. The minimum atomic E-state index is -3.62. The molecule has 0 atom stereocenters. The van der Waals surface area contributed by atoms with Crippen molar-refractivity contribution >= 4 is 10.0 Å². The Kier molecular flexibility index (Phi) is 6.26. The quantitative estimate of drug-likeness (QED) is 0.695. The molecule has 1 fully saturated rings. The molecule has 0 saturated carbocycles. The molecule has 1 saturated heterocycles. The molecule has 1 aromatic carbocycles. The van der Waals surface area contributed by atoms with Crippen LogP contribution in [0.25, 0.3) is 0 Å². The van der Waals surface area contributed by atoms with E-state index in [2.05, 4.69) is 23.1 Å². The number of aryl methyl sites for hydroxylation is 2. The first-order chi connectivity index (χ1) is 13.4. The van der Waals surface area contributed by atoms with Crippen LogP contribution in [0.3, 0.4) is 0 Å². The summed E-state index contributed by atoms with van der Waals surface area (Å²) in [5.74, 6) is 0.855. The van der Waals surface area contributed by atoms with Gasteiger partial charge in [-0.3, -0.25) is 9.58 Å². The van der Waals surface area contributed by atoms with E-state index >= 15 is 0 Å². The number of nitrogens with zero attached hydrogens (tertiary/aromatic N) is 4. The van der Waals surface area contributed by atoms with Gasteiger partial charge in [-0.1, -0.05) is 0 Å². The standard InChI is InChI=1S/C19H28N4O4S/c1-5-22-14-16(15(2)20-22)13-21-8-10-23(11-9-21)28(24,25)19-7-6-17(26-3)12-18(19)27-4/h6-7,12,14H,5,8-11,13H2,1-4H3. The van der Waals surface area contributed by atoms with Crippen LogP contribution in [-0.4, -0.2) is 67.8 Å². The van der Waals surface area contributed by atoms with E-state index in [0.29, 0.717) is 37.7 Å². The largest absolute Gasteiger partial charge is 0.497 e. The summed E-state index contributed by atoms with van der Waals surface area (Å²) in [6, 6.07) is 4.78. The van der Waals surface area contributed by atoms with Gasteiger partial charge in [-0.25, -0.2) is 8.42 Å². The first-order valence-corrected chi connectivity index (χ1v) is 10.8. The van der Waals surface area contributed by atoms with Gasteiger partial charge in [0.2, 0.25) is 10.0 Å². The third kappa shape index (κ3) is 4.16. The molecule has 0 spiro atoms. The van der Waals surface area contributed by atoms with Crippen LogP contribution in [0.15, 0.2) is 29.3 Å². The number of hydrogen-bond donors (Lipinski definition) is 0. The number of rotatable bonds is 7. The fraction of sp³-hybridized carbons (Fsp3) is 0.526. The van der Waals surface area contributed by atoms with Gasteiger partial charge < -0.3 is 9.47 Å². The van der Waals surface area contributed by atoms with E-state index in [4.69, 9.17) is 9.47 Å². The van der Waals surface area contributed by atoms with E-state index in [9.17, 15) is 8.42 Å². The van der Waals surface area contributed by atoms with E-state index in [1.54, 1.807) is 18.2 Å². The molecule has 0 amide bonds. The number of sulfonamides is 1. The van der Waals surface area contributed by atoms with Crippen LogP contribution in [0.5, 0.6) is 11.5 Å². The monoisotopic (exact) mass is 408 g/mol. The van der Waals surface area contributed by atoms with Gasteiger partial charge in [0, 0.05) is 57.1 Å². The van der Waals surface area contributed by atoms with Crippen LogP contribution in [0, 0.1) is 6.92 Å². The lowest BCUT2D eigenvalue weighted by molar-refractivity contribution is 0.181. The summed E-state index contributed by atoms with van der Waals surface area (Å²) < 4.78 is 40.1. The molecule has 2 heterocycles. The number of ether oxygens (including phenoxy) is 2. The van der Waals surface area contributed by atoms with Crippen molar-refractivity contribution in [3.63, 3.8) is 0 Å². The summed E-state index contributed by atoms with van der Waals surface area (Å²) in [4.78, 5) is 2.44. The second-order valence-corrected chi connectivity index (χ2v) is 8.70. The average Bonchev–Trinajstić information content (AvgIpc) is 3.07. The number of aromatic nitrogens is 2. The Morgan fingerprint density at radius 2 is 1.82 bits per heavy atom. The Bertz CT molecular complexity index is 918. The third-order valence-corrected chi connectivity index (χ3v) is 7.02. The molecule has 2 aromatic rings. The van der Waals surface area contributed by atoms with Gasteiger partial charge in [0.25, 0.3) is 0 Å². The summed E-state index contributed by atoms with van der Waals surface area (Å²) >= 11 is 0. The number of piperazine rings is 1. The van der Waals surface area contributed by atoms with Crippen LogP contribution >= 0.6 is 0 Å². The van der Waals surface area contributed by atoms with Gasteiger partial charge in [-0.15, -0.1) is 0 Å². The zero-order chi connectivity index (χ0) is 20.3. The predicted octanol–water partition coefficient (Wildman–Crippen LogP) is 1.74. The molecular formula is C19H28N4O4S. The van der Waals surface area contributed by atoms with Crippen molar-refractivity contribution in [2.75, 3.05) is 40.4 Å². The van der Waals surface area contributed by atoms with Gasteiger partial charge in [0.05, 0.1) is 19.9 Å². The van der Waals surface area contributed by atoms with Crippen molar-refractivity contribution in [1.29, 1.82) is 0 Å². The third-order valence-electron chi connectivity index (χ3n) is 5.09. The molecular weight excluding hydrogens is 380 g/mol. The summed E-state index contributed by atoms with van der Waals surface area (Å²) in [6.07, 6.45) is 2.07. The summed E-state index contributed by atoms with van der Waals surface area (Å²) in [5.41, 5.74) is 2.22. The average molecular weight is 409 g/mol. The minimum Gasteiger partial charge on any atom is -0.497 e. The molecule has 1 aliphatic rings. The number of methoxy groups -OCH3 is 2. The second kappa shape index (κ2) is 8.50. The SMILES string of the molecule is CCn1cc(CN2CCN(S(=O)(=O)c3ccc(OC)cc3OC)CC2)c(C)n1. The van der Waals surface area contributed by atoms with E-state index in [1.165, 1.54) is 24.1 Å². The molecule has 8 nitrogen and oxygen atoms in total. The van der Waals surface area contributed by atoms with Crippen molar-refractivity contribution in [1.82, 2.24) is 19.0 Å². The van der Waals surface area contributed by atoms with Gasteiger partial charge in [0.15, 0.2) is 0 Å². The zero-order valence-electron chi connectivity index (χ0n) is 16.9. The van der Waals surface area contributed by atoms with Crippen LogP contribution < -0.4 is 9.47 Å². The molecule has 0 unspecified atom stereocenters. The molecule has 154 valence electrons. The molecule has 0 radical (unpaired) electrons. The Balaban J connectivity index is 1.69. The highest BCUT2D eigenvalue weighted by molar-refractivity contribution is 7.89. The first-order valence-electron chi connectivity index (χ1n) is 9.36. The van der Waals surface area contributed by atoms with Gasteiger partial charge in [0.1, 0.15) is 16.4 Å². The van der Waals surface area contributed by atoms with Crippen molar-refractivity contribution in [3.8, 4) is 11.5 Å². The second-order valence-electron chi connectivity index (χ2n) is 6.79. The van der Waals surface area contributed by atoms with Crippen LogP contribution in [0.2, 0.25) is 0 Å². The molecule has 0 N–H and O–H groups in total. The highest BCUT2D eigenvalue weighted by Gasteiger charge is 2.31. The molecule has 0 aliphatic carbocycles. The minimum absolute atomic E-state index is 0.171. The number of benzene rings is 1. The van der Waals surface area contributed by atoms with E-state index in [0.717, 1.165) is 18.8 Å². The van der Waals surface area contributed by atoms with Gasteiger partial charge in [-0.2, -0.15) is 9.40 Å². The lowest BCUT2D eigenvalue weighted by Crippen LogP contribution is -2.48. The molecule has 28 heavy (non-hydrogen) atoms. The van der Waals surface area contributed by atoms with E-state index in [1.807, 2.05) is 11.6 Å². The Labute approximate surface area is 166 Å². The Morgan fingerprint density at radius 3 is 2.39 bits per heavy atom. The summed E-state index contributed by atoms with van der Waals surface area (Å²) in [7, 11) is -0.626. The molecule has 0 bridgehead atoms. The zero-order valence-corrected chi connectivity index (χ0v) is 17.7. The Morgan fingerprint density at radius 1 is 1.11 bits per heavy atom. The van der Waals surface area contributed by atoms with Crippen molar-refractivity contribution in [2.45, 2.75) is 31.8 Å². The first kappa shape index (κ1) is 20.6. The smallest absolute Gasteiger partial charge is 0.246 e. The highest BCUT2D eigenvalue weighted by Crippen LogP contribution is 2.31. The molecule has 1 aromatic heterocycles. The van der Waals surface area contributed by atoms with E-state index < -0.39 is 10.0 Å². The molecule has 3 rings (SSSR count). The Hall–Kier alpha value is -2.10. The maximum Gasteiger partial charge on any atom is 0.246 e. The lowest BCUT2D eigenvalue weighted by Gasteiger charge is -2.34. The van der Waals surface area contributed by atoms with Crippen molar-refractivity contribution < 1.29 is 17.9 Å². The lowest BCUT2D eigenvalue weighted by atomic mass is 10.2. The van der Waals surface area contributed by atoms with Crippen molar-refractivity contribution in [2.24, 2.45) is 0 Å². The fourth-order valence-electron chi connectivity index (χ4n) is 3.37. The molecule has 1 aliphatic heterocycles. The maximum absolute atomic E-state index is 13.1. The van der Waals surface area contributed by atoms with E-state index in [-0.39, 0.29) is 4.90 Å². The van der Waals surface area contributed by atoms with Crippen molar-refractivity contribution in [3.05, 3.63) is 35.7 Å². The topological polar surface area (TPSA) is 76.9 Å². The normalized spacial score (nSPS) is 16.3. The fourth-order valence-corrected chi connectivity index (χ4v) is 4.93. The van der Waals surface area contributed by atoms with Crippen LogP contribution in [0.1, 0.15) is 18.2 Å². The molecule has 9 heteroatoms. The highest BCUT2D eigenvalue weighted by atomic mass is 32.2. The van der Waals surface area contributed by atoms with Gasteiger partial charge >= 0.3 is 0 Å². The summed E-state index contributed by atoms with van der Waals surface area (Å²) in [5, 5.41) is 4.48. The predicted molar refractivity (Wildman–Crippen MR) is 106 cm³/mol. The number of hydrogen-bond acceptors (Lipinski definition) is 6. The van der Waals surface area contributed by atoms with Crippen LogP contribution in [-0.2, 0) is 23.1 Å². The maximum atomic E-state index is 13.1. The van der Waals surface area contributed by atoms with Gasteiger partial charge in [-0.05, 0) is 26.0 Å².